The molecule has 7 heteroatoms. The zero-order valence-electron chi connectivity index (χ0n) is 16.5. The molecule has 0 bridgehead atoms. The van der Waals surface area contributed by atoms with E-state index in [1.165, 1.54) is 4.90 Å². The first-order valence-corrected chi connectivity index (χ1v) is 11.4. The van der Waals surface area contributed by atoms with E-state index in [0.29, 0.717) is 13.2 Å². The van der Waals surface area contributed by atoms with E-state index in [1.807, 2.05) is 48.5 Å². The highest BCUT2D eigenvalue weighted by Crippen LogP contribution is 2.25. The Morgan fingerprint density at radius 1 is 1.00 bits per heavy atom. The van der Waals surface area contributed by atoms with E-state index < -0.39 is 0 Å². The molecule has 0 N–H and O–H groups in total. The smallest absolute Gasteiger partial charge is 0.191 e. The molecule has 0 saturated heterocycles. The monoisotopic (exact) mass is 427 g/mol. The first kappa shape index (κ1) is 21.3. The minimum atomic E-state index is 0.658. The summed E-state index contributed by atoms with van der Waals surface area (Å²) in [5.74, 6) is 4.35. The second-order valence-electron chi connectivity index (χ2n) is 6.13. The largest absolute Gasteiger partial charge is 0.497 e. The number of methoxy groups -OCH3 is 1. The number of nitrogens with zero attached hydrogens (tertiary/aromatic N) is 3. The molecule has 152 valence electrons. The van der Waals surface area contributed by atoms with Gasteiger partial charge in [-0.25, -0.2) is 0 Å². The molecule has 0 unspecified atom stereocenters. The molecule has 0 fully saturated rings. The van der Waals surface area contributed by atoms with E-state index in [-0.39, 0.29) is 0 Å². The molecular formula is C22H25N3O2S2. The van der Waals surface area contributed by atoms with E-state index >= 15 is 0 Å². The van der Waals surface area contributed by atoms with Crippen LogP contribution in [0, 0.1) is 0 Å². The lowest BCUT2D eigenvalue weighted by molar-refractivity contribution is 0.318. The molecule has 0 aliphatic carbocycles. The van der Waals surface area contributed by atoms with Crippen molar-refractivity contribution in [3.8, 4) is 11.5 Å². The second-order valence-corrected chi connectivity index (χ2v) is 8.24. The number of hydrogen-bond donors (Lipinski definition) is 0. The highest BCUT2D eigenvalue weighted by molar-refractivity contribution is 7.99. The standard InChI is InChI=1S/C22H25N3O2S2/c1-3-14-25-21(17-29-20-8-5-4-6-9-20)23-24-22(25)28-16-7-15-27-19-12-10-18(26-2)11-13-19/h3-6,8-13H,1,7,14-17H2,2H3. The Labute approximate surface area is 180 Å². The van der Waals surface area contributed by atoms with Gasteiger partial charge < -0.3 is 14.0 Å². The zero-order valence-corrected chi connectivity index (χ0v) is 18.1. The molecule has 0 radical (unpaired) electrons. The third-order valence-corrected chi connectivity index (χ3v) is 6.13. The molecule has 1 heterocycles. The Bertz CT molecular complexity index is 883. The predicted octanol–water partition coefficient (Wildman–Crippen LogP) is 5.33. The maximum absolute atomic E-state index is 5.78. The Morgan fingerprint density at radius 2 is 1.76 bits per heavy atom. The summed E-state index contributed by atoms with van der Waals surface area (Å²) in [4.78, 5) is 1.23. The highest BCUT2D eigenvalue weighted by atomic mass is 32.2. The molecule has 0 amide bonds. The van der Waals surface area contributed by atoms with Crippen LogP contribution in [-0.2, 0) is 12.3 Å². The van der Waals surface area contributed by atoms with Crippen molar-refractivity contribution in [1.82, 2.24) is 14.8 Å². The lowest BCUT2D eigenvalue weighted by Crippen LogP contribution is -2.04. The summed E-state index contributed by atoms with van der Waals surface area (Å²) < 4.78 is 13.1. The van der Waals surface area contributed by atoms with Crippen LogP contribution in [0.4, 0.5) is 0 Å². The van der Waals surface area contributed by atoms with E-state index in [1.54, 1.807) is 30.6 Å². The summed E-state index contributed by atoms with van der Waals surface area (Å²) in [6.07, 6.45) is 2.81. The lowest BCUT2D eigenvalue weighted by Gasteiger charge is -2.09. The van der Waals surface area contributed by atoms with Crippen molar-refractivity contribution in [2.24, 2.45) is 0 Å². The molecule has 3 rings (SSSR count). The first-order valence-electron chi connectivity index (χ1n) is 9.40. The van der Waals surface area contributed by atoms with Gasteiger partial charge in [0.1, 0.15) is 17.3 Å². The average molecular weight is 428 g/mol. The van der Waals surface area contributed by atoms with Crippen LogP contribution in [-0.4, -0.2) is 34.2 Å². The van der Waals surface area contributed by atoms with Crippen LogP contribution < -0.4 is 9.47 Å². The van der Waals surface area contributed by atoms with Crippen LogP contribution in [0.3, 0.4) is 0 Å². The van der Waals surface area contributed by atoms with Gasteiger partial charge >= 0.3 is 0 Å². The SMILES string of the molecule is C=CCn1c(CSc2ccccc2)nnc1SCCCOc1ccc(OC)cc1. The molecule has 29 heavy (non-hydrogen) atoms. The van der Waals surface area contributed by atoms with Gasteiger partial charge in [0.25, 0.3) is 0 Å². The molecule has 2 aromatic carbocycles. The Hall–Kier alpha value is -2.38. The van der Waals surface area contributed by atoms with Crippen molar-refractivity contribution in [2.75, 3.05) is 19.5 Å². The molecule has 3 aromatic rings. The molecule has 0 aliphatic heterocycles. The van der Waals surface area contributed by atoms with Crippen LogP contribution in [0.25, 0.3) is 0 Å². The van der Waals surface area contributed by atoms with Crippen LogP contribution in [0.5, 0.6) is 11.5 Å². The van der Waals surface area contributed by atoms with E-state index in [9.17, 15) is 0 Å². The number of ether oxygens (including phenoxy) is 2. The van der Waals surface area contributed by atoms with Crippen molar-refractivity contribution in [2.45, 2.75) is 28.8 Å². The van der Waals surface area contributed by atoms with Gasteiger partial charge in [0.2, 0.25) is 0 Å². The maximum Gasteiger partial charge on any atom is 0.191 e. The average Bonchev–Trinajstić information content (AvgIpc) is 3.15. The summed E-state index contributed by atoms with van der Waals surface area (Å²) >= 11 is 3.47. The fourth-order valence-corrected chi connectivity index (χ4v) is 4.33. The number of hydrogen-bond acceptors (Lipinski definition) is 6. The van der Waals surface area contributed by atoms with Gasteiger partial charge in [0.15, 0.2) is 5.16 Å². The Morgan fingerprint density at radius 3 is 2.48 bits per heavy atom. The van der Waals surface area contributed by atoms with Gasteiger partial charge in [-0.2, -0.15) is 0 Å². The van der Waals surface area contributed by atoms with E-state index in [0.717, 1.165) is 40.4 Å². The maximum atomic E-state index is 5.78. The van der Waals surface area contributed by atoms with Gasteiger partial charge in [-0.1, -0.05) is 36.0 Å². The minimum Gasteiger partial charge on any atom is -0.497 e. The summed E-state index contributed by atoms with van der Waals surface area (Å²) in [6.45, 7) is 5.24. The van der Waals surface area contributed by atoms with E-state index in [4.69, 9.17) is 9.47 Å². The first-order chi connectivity index (χ1) is 14.3. The molecule has 5 nitrogen and oxygen atoms in total. The van der Waals surface area contributed by atoms with E-state index in [2.05, 4.69) is 33.5 Å². The van der Waals surface area contributed by atoms with Crippen LogP contribution >= 0.6 is 23.5 Å². The zero-order chi connectivity index (χ0) is 20.3. The molecule has 1 aromatic heterocycles. The van der Waals surface area contributed by atoms with Crippen molar-refractivity contribution >= 4 is 23.5 Å². The number of thioether (sulfide) groups is 2. The predicted molar refractivity (Wildman–Crippen MR) is 120 cm³/mol. The third-order valence-electron chi connectivity index (χ3n) is 4.06. The molecule has 0 aliphatic rings. The lowest BCUT2D eigenvalue weighted by atomic mass is 10.3. The number of rotatable bonds is 12. The van der Waals surface area contributed by atoms with Gasteiger partial charge in [0, 0.05) is 17.2 Å². The van der Waals surface area contributed by atoms with Gasteiger partial charge in [-0.15, -0.1) is 28.5 Å². The molecule has 0 atom stereocenters. The van der Waals surface area contributed by atoms with Crippen LogP contribution in [0.2, 0.25) is 0 Å². The van der Waals surface area contributed by atoms with Gasteiger partial charge in [-0.05, 0) is 42.8 Å². The van der Waals surface area contributed by atoms with Crippen molar-refractivity contribution in [3.05, 3.63) is 73.1 Å². The second kappa shape index (κ2) is 11.6. The van der Waals surface area contributed by atoms with Gasteiger partial charge in [0.05, 0.1) is 19.5 Å². The molecule has 0 saturated carbocycles. The minimum absolute atomic E-state index is 0.658. The normalized spacial score (nSPS) is 10.7. The molecule has 0 spiro atoms. The number of benzene rings is 2. The quantitative estimate of drug-likeness (QED) is 0.221. The van der Waals surface area contributed by atoms with Crippen molar-refractivity contribution < 1.29 is 9.47 Å². The third kappa shape index (κ3) is 6.58. The summed E-state index contributed by atoms with van der Waals surface area (Å²) in [5.41, 5.74) is 0. The van der Waals surface area contributed by atoms with Crippen LogP contribution in [0.1, 0.15) is 12.2 Å². The molecular weight excluding hydrogens is 402 g/mol. The topological polar surface area (TPSA) is 49.2 Å². The Balaban J connectivity index is 1.46. The summed E-state index contributed by atoms with van der Waals surface area (Å²) in [5, 5.41) is 9.70. The van der Waals surface area contributed by atoms with Crippen molar-refractivity contribution in [1.29, 1.82) is 0 Å². The van der Waals surface area contributed by atoms with Crippen molar-refractivity contribution in [3.63, 3.8) is 0 Å². The summed E-state index contributed by atoms with van der Waals surface area (Å²) in [7, 11) is 1.66. The summed E-state index contributed by atoms with van der Waals surface area (Å²) in [6, 6.07) is 18.0. The number of aromatic nitrogens is 3. The highest BCUT2D eigenvalue weighted by Gasteiger charge is 2.12. The van der Waals surface area contributed by atoms with Crippen LogP contribution in [0.15, 0.2) is 77.3 Å². The Kier molecular flexibility index (Phi) is 8.52. The fourth-order valence-electron chi connectivity index (χ4n) is 2.59. The van der Waals surface area contributed by atoms with Gasteiger partial charge in [-0.3, -0.25) is 0 Å². The number of allylic oxidation sites excluding steroid dienone is 1. The fraction of sp³-hybridized carbons (Fsp3) is 0.273.